The van der Waals surface area contributed by atoms with E-state index in [0.29, 0.717) is 17.1 Å². The molecule has 0 aliphatic carbocycles. The van der Waals surface area contributed by atoms with Crippen LogP contribution in [0.15, 0.2) is 29.2 Å². The number of hydrogen-bond acceptors (Lipinski definition) is 3. The lowest BCUT2D eigenvalue weighted by Crippen LogP contribution is -2.25. The van der Waals surface area contributed by atoms with Gasteiger partial charge < -0.3 is 4.74 Å². The molecule has 0 bridgehead atoms. The van der Waals surface area contributed by atoms with E-state index in [-0.39, 0.29) is 5.91 Å². The minimum absolute atomic E-state index is 0.198. The summed E-state index contributed by atoms with van der Waals surface area (Å²) in [6.45, 7) is 1.90. The molecule has 1 aromatic rings. The molecule has 0 aliphatic rings. The monoisotopic (exact) mass is 241 g/mol. The molecular formula is C11H15NO3S. The summed E-state index contributed by atoms with van der Waals surface area (Å²) in [6.07, 6.45) is 1.13. The Morgan fingerprint density at radius 1 is 1.38 bits per heavy atom. The number of ether oxygens (including phenoxy) is 1. The molecule has 0 unspecified atom stereocenters. The molecule has 0 radical (unpaired) electrons. The molecule has 16 heavy (non-hydrogen) atoms. The normalized spacial score (nSPS) is 11.9. The number of benzene rings is 1. The van der Waals surface area contributed by atoms with Gasteiger partial charge >= 0.3 is 0 Å². The molecule has 1 amide bonds. The van der Waals surface area contributed by atoms with Crippen molar-refractivity contribution in [2.75, 3.05) is 7.11 Å². The molecule has 1 rings (SSSR count). The van der Waals surface area contributed by atoms with Crippen molar-refractivity contribution in [3.8, 4) is 5.75 Å². The van der Waals surface area contributed by atoms with Crippen molar-refractivity contribution in [2.45, 2.75) is 24.7 Å². The summed E-state index contributed by atoms with van der Waals surface area (Å²) < 4.78 is 19.1. The standard InChI is InChI=1S/C11H15NO3S/c1-3-4-11(13)12-16(14)10-7-5-9(15-2)6-8-10/h5-8H,3-4H2,1-2H3,(H,12,13)/t16-/m0/s1. The van der Waals surface area contributed by atoms with Crippen molar-refractivity contribution in [3.05, 3.63) is 24.3 Å². The van der Waals surface area contributed by atoms with E-state index in [1.807, 2.05) is 6.92 Å². The lowest BCUT2D eigenvalue weighted by Gasteiger charge is -2.05. The van der Waals surface area contributed by atoms with E-state index in [9.17, 15) is 9.00 Å². The molecule has 1 atom stereocenters. The SMILES string of the molecule is CCCC(=O)N[S@@](=O)c1ccc(OC)cc1. The first kappa shape index (κ1) is 12.7. The highest BCUT2D eigenvalue weighted by molar-refractivity contribution is 7.83. The summed E-state index contributed by atoms with van der Waals surface area (Å²) in [4.78, 5) is 11.8. The van der Waals surface area contributed by atoms with Gasteiger partial charge in [0.05, 0.1) is 12.0 Å². The summed E-state index contributed by atoms with van der Waals surface area (Å²) in [7, 11) is 0.0841. The maximum atomic E-state index is 11.7. The second-order valence-electron chi connectivity index (χ2n) is 3.22. The fraction of sp³-hybridized carbons (Fsp3) is 0.364. The van der Waals surface area contributed by atoms with E-state index in [2.05, 4.69) is 4.72 Å². The average Bonchev–Trinajstić information content (AvgIpc) is 2.29. The first-order valence-corrected chi connectivity index (χ1v) is 6.17. The zero-order valence-electron chi connectivity index (χ0n) is 9.36. The molecule has 0 aromatic heterocycles. The van der Waals surface area contributed by atoms with E-state index in [4.69, 9.17) is 4.74 Å². The quantitative estimate of drug-likeness (QED) is 0.852. The molecule has 5 heteroatoms. The van der Waals surface area contributed by atoms with Gasteiger partial charge in [0, 0.05) is 6.42 Å². The van der Waals surface area contributed by atoms with Gasteiger partial charge in [-0.15, -0.1) is 0 Å². The molecule has 0 fully saturated rings. The number of amides is 1. The van der Waals surface area contributed by atoms with E-state index in [1.165, 1.54) is 0 Å². The second kappa shape index (κ2) is 6.27. The largest absolute Gasteiger partial charge is 0.497 e. The van der Waals surface area contributed by atoms with Crippen LogP contribution in [0.25, 0.3) is 0 Å². The van der Waals surface area contributed by atoms with Gasteiger partial charge in [-0.3, -0.25) is 9.52 Å². The zero-order chi connectivity index (χ0) is 12.0. The molecule has 0 aliphatic heterocycles. The summed E-state index contributed by atoms with van der Waals surface area (Å²) in [5.41, 5.74) is 0. The number of nitrogens with one attached hydrogen (secondary N) is 1. The molecule has 1 N–H and O–H groups in total. The van der Waals surface area contributed by atoms with Gasteiger partial charge in [0.1, 0.15) is 5.75 Å². The lowest BCUT2D eigenvalue weighted by atomic mass is 10.3. The van der Waals surface area contributed by atoms with Crippen molar-refractivity contribution in [3.63, 3.8) is 0 Å². The Morgan fingerprint density at radius 2 is 2.00 bits per heavy atom. The number of carbonyl (C=O) groups excluding carboxylic acids is 1. The van der Waals surface area contributed by atoms with Crippen LogP contribution in [0.1, 0.15) is 19.8 Å². The Balaban J connectivity index is 2.62. The first-order chi connectivity index (χ1) is 7.67. The van der Waals surface area contributed by atoms with Crippen LogP contribution in [0.4, 0.5) is 0 Å². The van der Waals surface area contributed by atoms with Crippen molar-refractivity contribution in [1.29, 1.82) is 0 Å². The van der Waals surface area contributed by atoms with Crippen LogP contribution < -0.4 is 9.46 Å². The highest BCUT2D eigenvalue weighted by Gasteiger charge is 2.07. The summed E-state index contributed by atoms with van der Waals surface area (Å²) in [6, 6.07) is 6.75. The summed E-state index contributed by atoms with van der Waals surface area (Å²) in [5.74, 6) is 0.497. The maximum absolute atomic E-state index is 11.7. The first-order valence-electron chi connectivity index (χ1n) is 5.02. The second-order valence-corrected chi connectivity index (χ2v) is 4.43. The predicted molar refractivity (Wildman–Crippen MR) is 62.5 cm³/mol. The Hall–Kier alpha value is -1.36. The summed E-state index contributed by atoms with van der Waals surface area (Å²) in [5, 5.41) is 0. The van der Waals surface area contributed by atoms with E-state index >= 15 is 0 Å². The fourth-order valence-electron chi connectivity index (χ4n) is 1.14. The summed E-state index contributed by atoms with van der Waals surface area (Å²) >= 11 is 0. The molecule has 0 spiro atoms. The highest BCUT2D eigenvalue weighted by atomic mass is 32.2. The van der Waals surface area contributed by atoms with Gasteiger partial charge in [-0.2, -0.15) is 0 Å². The Bertz CT molecular complexity index is 375. The molecule has 0 heterocycles. The van der Waals surface area contributed by atoms with Crippen LogP contribution in [0, 0.1) is 0 Å². The van der Waals surface area contributed by atoms with Gasteiger partial charge in [0.25, 0.3) is 0 Å². The number of methoxy groups -OCH3 is 1. The zero-order valence-corrected chi connectivity index (χ0v) is 10.2. The van der Waals surface area contributed by atoms with Crippen molar-refractivity contribution in [2.24, 2.45) is 0 Å². The Morgan fingerprint density at radius 3 is 2.50 bits per heavy atom. The minimum Gasteiger partial charge on any atom is -0.497 e. The van der Waals surface area contributed by atoms with Crippen LogP contribution in [0.5, 0.6) is 5.75 Å². The third-order valence-electron chi connectivity index (χ3n) is 1.96. The van der Waals surface area contributed by atoms with Crippen LogP contribution in [0.3, 0.4) is 0 Å². The minimum atomic E-state index is -1.48. The van der Waals surface area contributed by atoms with E-state index in [1.54, 1.807) is 31.4 Å². The fourth-order valence-corrected chi connectivity index (χ4v) is 1.95. The van der Waals surface area contributed by atoms with Gasteiger partial charge in [0.15, 0.2) is 11.0 Å². The Labute approximate surface area is 97.6 Å². The average molecular weight is 241 g/mol. The molecule has 0 saturated carbocycles. The van der Waals surface area contributed by atoms with Crippen molar-refractivity contribution < 1.29 is 13.7 Å². The van der Waals surface area contributed by atoms with Gasteiger partial charge in [-0.05, 0) is 30.7 Å². The smallest absolute Gasteiger partial charge is 0.231 e. The Kier molecular flexibility index (Phi) is 4.98. The molecule has 88 valence electrons. The van der Waals surface area contributed by atoms with Crippen LogP contribution >= 0.6 is 0 Å². The van der Waals surface area contributed by atoms with Crippen molar-refractivity contribution >= 4 is 16.9 Å². The van der Waals surface area contributed by atoms with Crippen LogP contribution in [-0.4, -0.2) is 17.2 Å². The van der Waals surface area contributed by atoms with Gasteiger partial charge in [-0.25, -0.2) is 4.21 Å². The third kappa shape index (κ3) is 3.66. The molecular weight excluding hydrogens is 226 g/mol. The highest BCUT2D eigenvalue weighted by Crippen LogP contribution is 2.13. The van der Waals surface area contributed by atoms with Crippen LogP contribution in [0.2, 0.25) is 0 Å². The van der Waals surface area contributed by atoms with Crippen LogP contribution in [-0.2, 0) is 15.8 Å². The van der Waals surface area contributed by atoms with Crippen molar-refractivity contribution in [1.82, 2.24) is 4.72 Å². The molecule has 0 saturated heterocycles. The number of rotatable bonds is 5. The third-order valence-corrected chi connectivity index (χ3v) is 3.07. The van der Waals surface area contributed by atoms with Gasteiger partial charge in [0.2, 0.25) is 5.91 Å². The molecule has 1 aromatic carbocycles. The molecule has 4 nitrogen and oxygen atoms in total. The predicted octanol–water partition coefficient (Wildman–Crippen LogP) is 1.63. The topological polar surface area (TPSA) is 55.4 Å². The number of hydrogen-bond donors (Lipinski definition) is 1. The number of carbonyl (C=O) groups is 1. The van der Waals surface area contributed by atoms with E-state index in [0.717, 1.165) is 6.42 Å². The maximum Gasteiger partial charge on any atom is 0.231 e. The van der Waals surface area contributed by atoms with Gasteiger partial charge in [-0.1, -0.05) is 6.92 Å². The van der Waals surface area contributed by atoms with E-state index < -0.39 is 11.0 Å². The lowest BCUT2D eigenvalue weighted by molar-refractivity contribution is -0.119.